The predicted octanol–water partition coefficient (Wildman–Crippen LogP) is 3.81. The highest BCUT2D eigenvalue weighted by Crippen LogP contribution is 2.32. The van der Waals surface area contributed by atoms with Gasteiger partial charge in [0.05, 0.1) is 12.6 Å². The third-order valence-corrected chi connectivity index (χ3v) is 5.06. The standard InChI is InChI=1S/C18H21ClF2N2O3/c1-12-6-7-23(16(24)8-12)14-9-18(20,21)11-22(10-14)17(25)26-15-4-2-13(19)3-5-15/h2-5,12,14H,6-11H2,1H3. The SMILES string of the molecule is CC1CCN(C2CN(C(=O)Oc3ccc(Cl)cc3)CC(F)(F)C2)C(=O)C1. The molecule has 1 aromatic carbocycles. The lowest BCUT2D eigenvalue weighted by atomic mass is 9.94. The average molecular weight is 387 g/mol. The molecule has 0 N–H and O–H groups in total. The van der Waals surface area contributed by atoms with Crippen molar-refractivity contribution in [2.24, 2.45) is 5.92 Å². The van der Waals surface area contributed by atoms with Gasteiger partial charge in [0.1, 0.15) is 5.75 Å². The number of ether oxygens (including phenoxy) is 1. The van der Waals surface area contributed by atoms with Crippen LogP contribution in [0.2, 0.25) is 5.02 Å². The molecule has 0 aromatic heterocycles. The molecule has 0 saturated carbocycles. The van der Waals surface area contributed by atoms with Crippen molar-refractivity contribution in [3.8, 4) is 5.75 Å². The number of amides is 2. The van der Waals surface area contributed by atoms with Gasteiger partial charge in [0.2, 0.25) is 5.91 Å². The van der Waals surface area contributed by atoms with E-state index >= 15 is 0 Å². The quantitative estimate of drug-likeness (QED) is 0.776. The van der Waals surface area contributed by atoms with Crippen molar-refractivity contribution in [2.75, 3.05) is 19.6 Å². The molecule has 0 spiro atoms. The summed E-state index contributed by atoms with van der Waals surface area (Å²) >= 11 is 5.78. The molecule has 2 amide bonds. The third-order valence-electron chi connectivity index (χ3n) is 4.81. The van der Waals surface area contributed by atoms with Crippen molar-refractivity contribution < 1.29 is 23.1 Å². The van der Waals surface area contributed by atoms with E-state index in [2.05, 4.69) is 0 Å². The molecule has 2 aliphatic heterocycles. The van der Waals surface area contributed by atoms with Crippen LogP contribution >= 0.6 is 11.6 Å². The molecular formula is C18H21ClF2N2O3. The number of hydrogen-bond acceptors (Lipinski definition) is 3. The first-order valence-electron chi connectivity index (χ1n) is 8.63. The van der Waals surface area contributed by atoms with Gasteiger partial charge in [-0.1, -0.05) is 18.5 Å². The average Bonchev–Trinajstić information content (AvgIpc) is 2.55. The number of benzene rings is 1. The van der Waals surface area contributed by atoms with Crippen LogP contribution in [0.1, 0.15) is 26.2 Å². The minimum absolute atomic E-state index is 0.0438. The molecule has 3 rings (SSSR count). The van der Waals surface area contributed by atoms with Crippen molar-refractivity contribution in [1.82, 2.24) is 9.80 Å². The second-order valence-electron chi connectivity index (χ2n) is 7.10. The number of halogens is 3. The number of hydrogen-bond donors (Lipinski definition) is 0. The Morgan fingerprint density at radius 3 is 2.65 bits per heavy atom. The zero-order valence-electron chi connectivity index (χ0n) is 14.5. The van der Waals surface area contributed by atoms with Gasteiger partial charge < -0.3 is 9.64 Å². The molecule has 1 aromatic rings. The van der Waals surface area contributed by atoms with Crippen LogP contribution in [0.4, 0.5) is 13.6 Å². The number of likely N-dealkylation sites (tertiary alicyclic amines) is 2. The lowest BCUT2D eigenvalue weighted by molar-refractivity contribution is -0.144. The summed E-state index contributed by atoms with van der Waals surface area (Å²) in [6, 6.07) is 5.39. The van der Waals surface area contributed by atoms with E-state index in [4.69, 9.17) is 16.3 Å². The van der Waals surface area contributed by atoms with Crippen molar-refractivity contribution in [2.45, 2.75) is 38.2 Å². The summed E-state index contributed by atoms with van der Waals surface area (Å²) in [6.45, 7) is 1.75. The highest BCUT2D eigenvalue weighted by molar-refractivity contribution is 6.30. The molecule has 0 bridgehead atoms. The fourth-order valence-electron chi connectivity index (χ4n) is 3.48. The first kappa shape index (κ1) is 18.9. The number of carbonyl (C=O) groups is 2. The normalized spacial score (nSPS) is 25.9. The highest BCUT2D eigenvalue weighted by atomic mass is 35.5. The van der Waals surface area contributed by atoms with Gasteiger partial charge in [-0.2, -0.15) is 0 Å². The van der Waals surface area contributed by atoms with Crippen LogP contribution < -0.4 is 4.74 Å². The largest absolute Gasteiger partial charge is 0.415 e. The number of piperidine rings is 2. The number of nitrogens with zero attached hydrogens (tertiary/aromatic N) is 2. The summed E-state index contributed by atoms with van der Waals surface area (Å²) in [5.74, 6) is -2.70. The highest BCUT2D eigenvalue weighted by Gasteiger charge is 2.46. The maximum Gasteiger partial charge on any atom is 0.415 e. The summed E-state index contributed by atoms with van der Waals surface area (Å²) in [7, 11) is 0. The van der Waals surface area contributed by atoms with Crippen molar-refractivity contribution in [3.63, 3.8) is 0 Å². The number of alkyl halides is 2. The fraction of sp³-hybridized carbons (Fsp3) is 0.556. The lowest BCUT2D eigenvalue weighted by Crippen LogP contribution is -2.59. The van der Waals surface area contributed by atoms with E-state index in [1.165, 1.54) is 17.0 Å². The molecule has 2 unspecified atom stereocenters. The lowest BCUT2D eigenvalue weighted by Gasteiger charge is -2.44. The Balaban J connectivity index is 1.70. The summed E-state index contributed by atoms with van der Waals surface area (Å²) < 4.78 is 33.6. The van der Waals surface area contributed by atoms with E-state index in [1.54, 1.807) is 12.1 Å². The maximum absolute atomic E-state index is 14.2. The monoisotopic (exact) mass is 386 g/mol. The minimum Gasteiger partial charge on any atom is -0.410 e. The Labute approximate surface area is 155 Å². The summed E-state index contributed by atoms with van der Waals surface area (Å²) in [4.78, 5) is 27.1. The van der Waals surface area contributed by atoms with Gasteiger partial charge in [-0.25, -0.2) is 13.6 Å². The van der Waals surface area contributed by atoms with Gasteiger partial charge in [-0.15, -0.1) is 0 Å². The first-order valence-corrected chi connectivity index (χ1v) is 9.01. The molecule has 2 aliphatic rings. The Bertz CT molecular complexity index is 684. The maximum atomic E-state index is 14.2. The Kier molecular flexibility index (Phi) is 5.37. The molecule has 142 valence electrons. The smallest absolute Gasteiger partial charge is 0.410 e. The molecular weight excluding hydrogens is 366 g/mol. The first-order chi connectivity index (χ1) is 12.2. The predicted molar refractivity (Wildman–Crippen MR) is 92.5 cm³/mol. The fourth-order valence-corrected chi connectivity index (χ4v) is 3.60. The molecule has 2 atom stereocenters. The van der Waals surface area contributed by atoms with Crippen LogP contribution in [0.3, 0.4) is 0 Å². The van der Waals surface area contributed by atoms with Crippen molar-refractivity contribution >= 4 is 23.6 Å². The van der Waals surface area contributed by atoms with E-state index in [1.807, 2.05) is 6.92 Å². The van der Waals surface area contributed by atoms with E-state index < -0.39 is 31.0 Å². The zero-order valence-corrected chi connectivity index (χ0v) is 15.2. The second kappa shape index (κ2) is 7.39. The van der Waals surface area contributed by atoms with Crippen LogP contribution in [0.5, 0.6) is 5.75 Å². The minimum atomic E-state index is -3.06. The van der Waals surface area contributed by atoms with Crippen LogP contribution in [0, 0.1) is 5.92 Å². The van der Waals surface area contributed by atoms with Crippen molar-refractivity contribution in [1.29, 1.82) is 0 Å². The van der Waals surface area contributed by atoms with Crippen LogP contribution in [-0.4, -0.2) is 53.4 Å². The molecule has 0 radical (unpaired) electrons. The summed E-state index contributed by atoms with van der Waals surface area (Å²) in [6.07, 6.45) is -0.146. The van der Waals surface area contributed by atoms with Crippen LogP contribution in [-0.2, 0) is 4.79 Å². The summed E-state index contributed by atoms with van der Waals surface area (Å²) in [5.41, 5.74) is 0. The van der Waals surface area contributed by atoms with Gasteiger partial charge >= 0.3 is 6.09 Å². The van der Waals surface area contributed by atoms with Gasteiger partial charge in [-0.05, 0) is 36.6 Å². The van der Waals surface area contributed by atoms with E-state index in [0.717, 1.165) is 11.3 Å². The van der Waals surface area contributed by atoms with Crippen LogP contribution in [0.15, 0.2) is 24.3 Å². The molecule has 5 nitrogen and oxygen atoms in total. The molecule has 8 heteroatoms. The topological polar surface area (TPSA) is 49.9 Å². The molecule has 0 aliphatic carbocycles. The Morgan fingerprint density at radius 1 is 1.31 bits per heavy atom. The molecule has 2 fully saturated rings. The van der Waals surface area contributed by atoms with Gasteiger partial charge in [0, 0.05) is 31.0 Å². The number of carbonyl (C=O) groups excluding carboxylic acids is 2. The third kappa shape index (κ3) is 4.44. The molecule has 2 saturated heterocycles. The van der Waals surface area contributed by atoms with E-state index in [9.17, 15) is 18.4 Å². The van der Waals surface area contributed by atoms with Crippen LogP contribution in [0.25, 0.3) is 0 Å². The van der Waals surface area contributed by atoms with E-state index in [-0.39, 0.29) is 24.1 Å². The number of rotatable bonds is 2. The molecule has 26 heavy (non-hydrogen) atoms. The van der Waals surface area contributed by atoms with Gasteiger partial charge in [-0.3, -0.25) is 9.69 Å². The van der Waals surface area contributed by atoms with Gasteiger partial charge in [0.25, 0.3) is 5.92 Å². The Morgan fingerprint density at radius 2 is 2.00 bits per heavy atom. The zero-order chi connectivity index (χ0) is 18.9. The Hall–Kier alpha value is -1.89. The van der Waals surface area contributed by atoms with Crippen molar-refractivity contribution in [3.05, 3.63) is 29.3 Å². The summed E-state index contributed by atoms with van der Waals surface area (Å²) in [5, 5.41) is 0.479. The van der Waals surface area contributed by atoms with Gasteiger partial charge in [0.15, 0.2) is 0 Å². The second-order valence-corrected chi connectivity index (χ2v) is 7.54. The molecule has 2 heterocycles. The van der Waals surface area contributed by atoms with E-state index in [0.29, 0.717) is 18.0 Å².